The van der Waals surface area contributed by atoms with Crippen molar-refractivity contribution in [2.75, 3.05) is 47.8 Å². The molecule has 0 saturated heterocycles. The van der Waals surface area contributed by atoms with E-state index in [0.717, 1.165) is 10.8 Å². The van der Waals surface area contributed by atoms with E-state index in [-0.39, 0.29) is 243 Å². The Morgan fingerprint density at radius 2 is 1.10 bits per heavy atom. The Hall–Kier alpha value is 0.265. The third-order valence-electron chi connectivity index (χ3n) is 4.53. The van der Waals surface area contributed by atoms with Gasteiger partial charge in [-0.3, -0.25) is 0 Å². The molecule has 0 aliphatic carbocycles. The number of rotatable bonds is 14. The molecule has 0 aliphatic rings. The predicted octanol–water partition coefficient (Wildman–Crippen LogP) is -16.2. The number of aliphatic hydroxyl groups is 2. The summed E-state index contributed by atoms with van der Waals surface area (Å²) in [4.78, 5) is 63.2. The molecule has 24 heteroatoms. The van der Waals surface area contributed by atoms with Crippen LogP contribution in [-0.2, 0) is 19.2 Å². The first-order valence-electron chi connectivity index (χ1n) is 11.9. The van der Waals surface area contributed by atoms with Gasteiger partial charge >= 0.3 is 206 Å². The maximum absolute atomic E-state index is 10.8. The average molecular weight is 763 g/mol. The fourth-order valence-electron chi connectivity index (χ4n) is 3.00. The molecule has 4 rings (SSSR count). The summed E-state index contributed by atoms with van der Waals surface area (Å²) >= 11 is 0. The molecule has 0 fully saturated rings. The number of aromatic nitrogens is 6. The smallest absolute Gasteiger partial charge is 0.548 e. The Morgan fingerprint density at radius 1 is 0.688 bits per heavy atom. The van der Waals surface area contributed by atoms with Crippen LogP contribution in [0.3, 0.4) is 0 Å². The van der Waals surface area contributed by atoms with Gasteiger partial charge in [-0.05, 0) is 23.5 Å². The molecule has 2 aromatic carbocycles. The Balaban J connectivity index is -0.00000127. The summed E-state index contributed by atoms with van der Waals surface area (Å²) in [6.07, 6.45) is 7.35. The molecule has 20 nitrogen and oxygen atoms in total. The van der Waals surface area contributed by atoms with Gasteiger partial charge in [0.1, 0.15) is 0 Å². The Kier molecular flexibility index (Phi) is 35.0. The van der Waals surface area contributed by atoms with Gasteiger partial charge in [0.15, 0.2) is 0 Å². The van der Waals surface area contributed by atoms with Crippen LogP contribution in [-0.4, -0.2) is 91.4 Å². The fourth-order valence-corrected chi connectivity index (χ4v) is 3.00. The standard InChI is InChI=1S/C20H16N10O4.2C2H4NO2.4K/c31-14(32)7-22-18-28-19(23-8-15(33)34)30-20(29-18)27-13-6-2-4-11-3-1-5-12(16(11)13)26-17-24-9-21-10-25-17;2*4-1-3-2-5;;;;/h1-6H,7-8H2,(H,31,32)(H,33,34)(H,21,24,25,26)(H3,22,23,27,28,29,30);2*4H,1H2,(H,3,5);;;;/q-2;2*-1;4*+1/p-2. The van der Waals surface area contributed by atoms with Gasteiger partial charge in [0, 0.05) is 11.1 Å². The summed E-state index contributed by atoms with van der Waals surface area (Å²) in [5, 5.41) is 53.4. The Morgan fingerprint density at radius 3 is 1.48 bits per heavy atom. The number of nitrogens with zero attached hydrogens (tertiary/aromatic N) is 6. The zero-order valence-electron chi connectivity index (χ0n) is 26.3. The molecule has 0 bridgehead atoms. The topological polar surface area (TPSA) is 304 Å². The third kappa shape index (κ3) is 21.6. The normalized spacial score (nSPS) is 8.79. The van der Waals surface area contributed by atoms with Crippen molar-refractivity contribution in [2.24, 2.45) is 0 Å². The van der Waals surface area contributed by atoms with Gasteiger partial charge in [0.25, 0.3) is 0 Å². The van der Waals surface area contributed by atoms with Crippen LogP contribution in [0.2, 0.25) is 0 Å². The third-order valence-corrected chi connectivity index (χ3v) is 4.53. The summed E-state index contributed by atoms with van der Waals surface area (Å²) in [7, 11) is 0. The van der Waals surface area contributed by atoms with Crippen molar-refractivity contribution in [3.63, 3.8) is 0 Å². The zero-order valence-corrected chi connectivity index (χ0v) is 38.8. The molecule has 0 saturated carbocycles. The second-order valence-corrected chi connectivity index (χ2v) is 7.45. The summed E-state index contributed by atoms with van der Waals surface area (Å²) < 4.78 is 0. The number of amides is 2. The van der Waals surface area contributed by atoms with Crippen molar-refractivity contribution in [3.8, 4) is 0 Å². The van der Waals surface area contributed by atoms with Crippen molar-refractivity contribution >= 4 is 70.7 Å². The molecule has 8 N–H and O–H groups in total. The number of carbonyl (C=O) groups excluding carboxylic acids is 4. The van der Waals surface area contributed by atoms with Crippen molar-refractivity contribution in [1.82, 2.24) is 40.5 Å². The Bertz CT molecular complexity index is 1480. The van der Waals surface area contributed by atoms with Crippen molar-refractivity contribution in [3.05, 3.63) is 49.1 Å². The van der Waals surface area contributed by atoms with Crippen molar-refractivity contribution in [2.45, 2.75) is 0 Å². The molecular weight excluding hydrogens is 741 g/mol. The summed E-state index contributed by atoms with van der Waals surface area (Å²) in [6, 6.07) is 11.0. The van der Waals surface area contributed by atoms with E-state index in [0.29, 0.717) is 11.4 Å². The summed E-state index contributed by atoms with van der Waals surface area (Å²) in [5.41, 5.74) is 1.22. The molecule has 0 aliphatic heterocycles. The van der Waals surface area contributed by atoms with Crippen LogP contribution in [0.15, 0.2) is 36.4 Å². The summed E-state index contributed by atoms with van der Waals surface area (Å²) in [5.74, 6) is -2.73. The molecule has 0 unspecified atom stereocenters. The minimum Gasteiger partial charge on any atom is -0.548 e. The minimum atomic E-state index is -1.38. The number of aliphatic hydroxyl groups excluding tert-OH is 2. The number of hydrogen-bond donors (Lipinski definition) is 8. The largest absolute Gasteiger partial charge is 1.00 e. The number of nitrogens with one attached hydrogen (secondary N) is 6. The Labute approximate surface area is 443 Å². The van der Waals surface area contributed by atoms with E-state index in [1.165, 1.54) is 12.8 Å². The van der Waals surface area contributed by atoms with Crippen molar-refractivity contribution < 1.29 is 245 Å². The minimum absolute atomic E-state index is 0. The number of anilines is 6. The van der Waals surface area contributed by atoms with Crippen LogP contribution >= 0.6 is 0 Å². The van der Waals surface area contributed by atoms with Gasteiger partial charge in [0.2, 0.25) is 17.8 Å². The number of benzene rings is 2. The fraction of sp³-hybridized carbons (Fsp3) is 0.167. The number of hydrogen-bond acceptors (Lipinski definition) is 18. The number of fused-ring (bicyclic) bond motifs is 1. The molecule has 0 radical (unpaired) electrons. The van der Waals surface area contributed by atoms with Gasteiger partial charge in [-0.1, -0.05) is 24.3 Å². The van der Waals surface area contributed by atoms with Gasteiger partial charge in [-0.25, -0.2) is 0 Å². The number of carboxylic acids is 2. The second-order valence-electron chi connectivity index (χ2n) is 7.45. The molecule has 4 aromatic rings. The van der Waals surface area contributed by atoms with Crippen LogP contribution in [0, 0.1) is 12.7 Å². The maximum atomic E-state index is 10.8. The van der Waals surface area contributed by atoms with E-state index in [1.54, 1.807) is 6.07 Å². The molecule has 232 valence electrons. The van der Waals surface area contributed by atoms with E-state index in [2.05, 4.69) is 63.8 Å². The van der Waals surface area contributed by atoms with E-state index in [1.807, 2.05) is 41.0 Å². The molecule has 0 spiro atoms. The van der Waals surface area contributed by atoms with Crippen LogP contribution in [0.4, 0.5) is 35.2 Å². The van der Waals surface area contributed by atoms with Gasteiger partial charge < -0.3 is 86.5 Å². The van der Waals surface area contributed by atoms with E-state index < -0.39 is 25.0 Å². The van der Waals surface area contributed by atoms with E-state index >= 15 is 0 Å². The molecular formula is C24H22K4N12O8-2. The van der Waals surface area contributed by atoms with Crippen LogP contribution in [0.5, 0.6) is 0 Å². The molecule has 2 amide bonds. The molecule has 48 heavy (non-hydrogen) atoms. The van der Waals surface area contributed by atoms with Gasteiger partial charge in [-0.15, -0.1) is 0 Å². The van der Waals surface area contributed by atoms with E-state index in [9.17, 15) is 19.8 Å². The number of carboxylic acid groups (broad SMARTS) is 2. The molecule has 2 heterocycles. The van der Waals surface area contributed by atoms with E-state index in [4.69, 9.17) is 19.8 Å². The van der Waals surface area contributed by atoms with Gasteiger partial charge in [0.05, 0.1) is 44.2 Å². The first-order valence-corrected chi connectivity index (χ1v) is 11.9. The number of aliphatic carboxylic acids is 2. The second kappa shape index (κ2) is 32.0. The van der Waals surface area contributed by atoms with Crippen molar-refractivity contribution in [1.29, 1.82) is 0 Å². The first kappa shape index (κ1) is 52.6. The average Bonchev–Trinajstić information content (AvgIpc) is 3.01. The maximum Gasteiger partial charge on any atom is 1.00 e. The number of carbonyl (C=O) groups is 2. The SMILES string of the molecule is O=C([O-])CNc1nc(NCC(=O)[O-])nc(Nc2cccc3cccc(Nc4n[c-]n[c-]n4)c23)n1.O=[C-]NCO.O=[C-]NCO.[K+].[K+].[K+].[K+]. The molecule has 0 atom stereocenters. The van der Waals surface area contributed by atoms with Crippen LogP contribution in [0.1, 0.15) is 0 Å². The molecule has 2 aromatic heterocycles. The quantitative estimate of drug-likeness (QED) is 0.0256. The van der Waals surface area contributed by atoms with Crippen LogP contribution < -0.4 is 248 Å². The van der Waals surface area contributed by atoms with Crippen LogP contribution in [0.25, 0.3) is 10.8 Å². The van der Waals surface area contributed by atoms with Gasteiger partial charge in [-0.2, -0.15) is 40.4 Å². The monoisotopic (exact) mass is 762 g/mol. The summed E-state index contributed by atoms with van der Waals surface area (Å²) in [6.45, 7) is -1.79. The predicted molar refractivity (Wildman–Crippen MR) is 147 cm³/mol. The first-order chi connectivity index (χ1) is 21.3. The zero-order chi connectivity index (χ0) is 32.2.